The number of aromatic hydroxyl groups is 2. The van der Waals surface area contributed by atoms with E-state index in [1.54, 1.807) is 21.3 Å². The molecular formula is C19H24N2O3. The Morgan fingerprint density at radius 3 is 2.58 bits per heavy atom. The highest BCUT2D eigenvalue weighted by atomic mass is 16.3. The van der Waals surface area contributed by atoms with Gasteiger partial charge in [0.2, 0.25) is 5.88 Å². The maximum absolute atomic E-state index is 13.1. The molecule has 2 heterocycles. The number of phenols is 1. The lowest BCUT2D eigenvalue weighted by molar-refractivity contribution is 0.305. The van der Waals surface area contributed by atoms with E-state index in [2.05, 4.69) is 6.92 Å². The molecule has 1 aliphatic heterocycles. The van der Waals surface area contributed by atoms with Crippen LogP contribution in [0.15, 0.2) is 23.0 Å². The van der Waals surface area contributed by atoms with E-state index in [9.17, 15) is 15.0 Å². The molecular weight excluding hydrogens is 304 g/mol. The molecule has 1 saturated carbocycles. The Hall–Kier alpha value is -2.17. The zero-order valence-electron chi connectivity index (χ0n) is 14.0. The molecule has 5 heteroatoms. The molecule has 0 saturated heterocycles. The largest absolute Gasteiger partial charge is 0.508 e. The van der Waals surface area contributed by atoms with Crippen molar-refractivity contribution >= 4 is 0 Å². The molecule has 1 atom stereocenters. The standard InChI is InChI=1S/C19H24N2O3/c1-2-16-15-9-8-14(22)10-12(15)11-17-18(23)20(19(24)21(16)17)13-6-4-3-5-7-13/h8-10,13,16,22-23H,2-7,11H2,1H3/t16-/m1/s1. The molecule has 1 aromatic heterocycles. The van der Waals surface area contributed by atoms with Crippen LogP contribution in [-0.2, 0) is 6.42 Å². The summed E-state index contributed by atoms with van der Waals surface area (Å²) in [6, 6.07) is 5.37. The van der Waals surface area contributed by atoms with Crippen molar-refractivity contribution in [2.75, 3.05) is 0 Å². The van der Waals surface area contributed by atoms with Crippen molar-refractivity contribution in [1.29, 1.82) is 0 Å². The number of fused-ring (bicyclic) bond motifs is 2. The lowest BCUT2D eigenvalue weighted by Crippen LogP contribution is -2.33. The summed E-state index contributed by atoms with van der Waals surface area (Å²) in [5.74, 6) is 0.352. The van der Waals surface area contributed by atoms with E-state index in [1.807, 2.05) is 6.07 Å². The van der Waals surface area contributed by atoms with Crippen molar-refractivity contribution in [3.8, 4) is 11.6 Å². The van der Waals surface area contributed by atoms with Crippen LogP contribution in [0.5, 0.6) is 11.6 Å². The van der Waals surface area contributed by atoms with Gasteiger partial charge < -0.3 is 10.2 Å². The van der Waals surface area contributed by atoms with Gasteiger partial charge in [-0.15, -0.1) is 0 Å². The summed E-state index contributed by atoms with van der Waals surface area (Å²) >= 11 is 0. The Labute approximate surface area is 141 Å². The fourth-order valence-corrected chi connectivity index (χ4v) is 4.52. The van der Waals surface area contributed by atoms with E-state index in [0.29, 0.717) is 12.1 Å². The van der Waals surface area contributed by atoms with Gasteiger partial charge in [0.25, 0.3) is 0 Å². The molecule has 24 heavy (non-hydrogen) atoms. The maximum atomic E-state index is 13.1. The quantitative estimate of drug-likeness (QED) is 0.887. The van der Waals surface area contributed by atoms with Gasteiger partial charge in [0, 0.05) is 12.5 Å². The molecule has 0 radical (unpaired) electrons. The third-order valence-corrected chi connectivity index (χ3v) is 5.67. The van der Waals surface area contributed by atoms with E-state index < -0.39 is 0 Å². The van der Waals surface area contributed by atoms with Crippen molar-refractivity contribution in [3.05, 3.63) is 45.5 Å². The molecule has 2 aromatic rings. The van der Waals surface area contributed by atoms with Crippen molar-refractivity contribution in [2.24, 2.45) is 0 Å². The maximum Gasteiger partial charge on any atom is 0.332 e. The second-order valence-corrected chi connectivity index (χ2v) is 7.07. The van der Waals surface area contributed by atoms with E-state index in [4.69, 9.17) is 0 Å². The van der Waals surface area contributed by atoms with Gasteiger partial charge in [0.15, 0.2) is 0 Å². The monoisotopic (exact) mass is 328 g/mol. The average molecular weight is 328 g/mol. The van der Waals surface area contributed by atoms with Crippen LogP contribution in [0.1, 0.15) is 74.4 Å². The highest BCUT2D eigenvalue weighted by molar-refractivity contribution is 5.44. The second-order valence-electron chi connectivity index (χ2n) is 7.07. The van der Waals surface area contributed by atoms with Crippen LogP contribution in [0.25, 0.3) is 0 Å². The Kier molecular flexibility index (Phi) is 3.66. The zero-order chi connectivity index (χ0) is 16.8. The number of rotatable bonds is 2. The lowest BCUT2D eigenvalue weighted by atomic mass is 9.91. The minimum Gasteiger partial charge on any atom is -0.508 e. The molecule has 0 unspecified atom stereocenters. The van der Waals surface area contributed by atoms with Crippen LogP contribution in [0.4, 0.5) is 0 Å². The molecule has 0 bridgehead atoms. The van der Waals surface area contributed by atoms with Gasteiger partial charge in [-0.05, 0) is 42.5 Å². The number of phenolic OH excluding ortho intramolecular Hbond substituents is 1. The number of hydrogen-bond acceptors (Lipinski definition) is 3. The van der Waals surface area contributed by atoms with Crippen molar-refractivity contribution < 1.29 is 10.2 Å². The van der Waals surface area contributed by atoms with Gasteiger partial charge in [-0.1, -0.05) is 32.3 Å². The van der Waals surface area contributed by atoms with E-state index in [-0.39, 0.29) is 29.4 Å². The number of imidazole rings is 1. The summed E-state index contributed by atoms with van der Waals surface area (Å²) < 4.78 is 3.41. The normalized spacial score (nSPS) is 20.6. The number of hydrogen-bond donors (Lipinski definition) is 2. The number of aromatic nitrogens is 2. The van der Waals surface area contributed by atoms with Crippen LogP contribution < -0.4 is 5.69 Å². The predicted molar refractivity (Wildman–Crippen MR) is 91.8 cm³/mol. The second kappa shape index (κ2) is 5.72. The van der Waals surface area contributed by atoms with Crippen molar-refractivity contribution in [2.45, 2.75) is 64.0 Å². The van der Waals surface area contributed by atoms with E-state index in [1.165, 1.54) is 6.42 Å². The van der Waals surface area contributed by atoms with Crippen LogP contribution in [-0.4, -0.2) is 19.3 Å². The van der Waals surface area contributed by atoms with E-state index in [0.717, 1.165) is 43.2 Å². The summed E-state index contributed by atoms with van der Waals surface area (Å²) in [7, 11) is 0. The first-order valence-electron chi connectivity index (χ1n) is 8.98. The molecule has 1 aromatic carbocycles. The molecule has 0 amide bonds. The Morgan fingerprint density at radius 1 is 1.12 bits per heavy atom. The van der Waals surface area contributed by atoms with Gasteiger partial charge >= 0.3 is 5.69 Å². The topological polar surface area (TPSA) is 67.4 Å². The van der Waals surface area contributed by atoms with Crippen LogP contribution in [0, 0.1) is 0 Å². The summed E-state index contributed by atoms with van der Waals surface area (Å²) in [6.45, 7) is 2.05. The molecule has 0 spiro atoms. The van der Waals surface area contributed by atoms with Gasteiger partial charge in [0.1, 0.15) is 5.75 Å². The highest BCUT2D eigenvalue weighted by Crippen LogP contribution is 2.39. The van der Waals surface area contributed by atoms with Crippen molar-refractivity contribution in [3.63, 3.8) is 0 Å². The SMILES string of the molecule is CC[C@@H]1c2ccc(O)cc2Cc2c(O)n(C3CCCCC3)c(=O)n21. The molecule has 128 valence electrons. The first kappa shape index (κ1) is 15.4. The molecule has 4 rings (SSSR count). The lowest BCUT2D eigenvalue weighted by Gasteiger charge is -2.26. The molecule has 1 fully saturated rings. The smallest absolute Gasteiger partial charge is 0.332 e. The zero-order valence-corrected chi connectivity index (χ0v) is 14.0. The van der Waals surface area contributed by atoms with Gasteiger partial charge in [-0.3, -0.25) is 9.13 Å². The van der Waals surface area contributed by atoms with Crippen molar-refractivity contribution in [1.82, 2.24) is 9.13 Å². The van der Waals surface area contributed by atoms with Crippen LogP contribution >= 0.6 is 0 Å². The number of benzene rings is 1. The molecule has 1 aliphatic carbocycles. The predicted octanol–water partition coefficient (Wildman–Crippen LogP) is 3.47. The molecule has 2 N–H and O–H groups in total. The minimum atomic E-state index is -0.0834. The summed E-state index contributed by atoms with van der Waals surface area (Å²) in [4.78, 5) is 13.1. The Bertz CT molecular complexity index is 828. The Morgan fingerprint density at radius 2 is 1.88 bits per heavy atom. The molecule has 5 nitrogen and oxygen atoms in total. The van der Waals surface area contributed by atoms with E-state index >= 15 is 0 Å². The summed E-state index contributed by atoms with van der Waals surface area (Å²) in [5, 5.41) is 20.6. The van der Waals surface area contributed by atoms with Gasteiger partial charge in [-0.2, -0.15) is 0 Å². The summed E-state index contributed by atoms with van der Waals surface area (Å²) in [6.07, 6.45) is 6.62. The summed E-state index contributed by atoms with van der Waals surface area (Å²) in [5.41, 5.74) is 2.68. The van der Waals surface area contributed by atoms with Gasteiger partial charge in [-0.25, -0.2) is 4.79 Å². The first-order chi connectivity index (χ1) is 11.6. The Balaban J connectivity index is 1.87. The van der Waals surface area contributed by atoms with Crippen LogP contribution in [0.2, 0.25) is 0 Å². The number of nitrogens with zero attached hydrogens (tertiary/aromatic N) is 2. The third-order valence-electron chi connectivity index (χ3n) is 5.67. The first-order valence-corrected chi connectivity index (χ1v) is 8.98. The average Bonchev–Trinajstić information content (AvgIpc) is 2.84. The van der Waals surface area contributed by atoms with Crippen LogP contribution in [0.3, 0.4) is 0 Å². The van der Waals surface area contributed by atoms with Gasteiger partial charge in [0.05, 0.1) is 11.7 Å². The fourth-order valence-electron chi connectivity index (χ4n) is 4.52. The minimum absolute atomic E-state index is 0.0763. The molecule has 2 aliphatic rings. The highest BCUT2D eigenvalue weighted by Gasteiger charge is 2.33. The third kappa shape index (κ3) is 2.18. The fraction of sp³-hybridized carbons (Fsp3) is 0.526.